The summed E-state index contributed by atoms with van der Waals surface area (Å²) in [5, 5.41) is 7.52. The molecule has 2 heterocycles. The fourth-order valence-corrected chi connectivity index (χ4v) is 3.33. The summed E-state index contributed by atoms with van der Waals surface area (Å²) in [5.74, 6) is 0.113. The van der Waals surface area contributed by atoms with Crippen LogP contribution in [-0.4, -0.2) is 22.6 Å². The summed E-state index contributed by atoms with van der Waals surface area (Å²) in [7, 11) is 0. The third kappa shape index (κ3) is 5.17. The van der Waals surface area contributed by atoms with Crippen LogP contribution in [-0.2, 0) is 4.79 Å². The standard InChI is InChI=1S/C18H15N3O2S2/c22-17(20-14-7-9-19-10-8-14)12-25-15-5-3-13(4-6-15)21-18(23)16-2-1-11-24-16/h1-11H,12H2,(H,21,23)(H,19,20,22). The van der Waals surface area contributed by atoms with Crippen LogP contribution in [0, 0.1) is 0 Å². The van der Waals surface area contributed by atoms with E-state index >= 15 is 0 Å². The molecular weight excluding hydrogens is 354 g/mol. The van der Waals surface area contributed by atoms with E-state index in [1.807, 2.05) is 35.7 Å². The third-order valence-electron chi connectivity index (χ3n) is 3.19. The van der Waals surface area contributed by atoms with E-state index in [0.717, 1.165) is 16.3 Å². The van der Waals surface area contributed by atoms with Crippen molar-refractivity contribution in [2.75, 3.05) is 16.4 Å². The topological polar surface area (TPSA) is 71.1 Å². The monoisotopic (exact) mass is 369 g/mol. The maximum Gasteiger partial charge on any atom is 0.265 e. The second-order valence-electron chi connectivity index (χ2n) is 5.03. The lowest BCUT2D eigenvalue weighted by molar-refractivity contribution is -0.113. The van der Waals surface area contributed by atoms with E-state index in [-0.39, 0.29) is 11.8 Å². The van der Waals surface area contributed by atoms with Gasteiger partial charge < -0.3 is 10.6 Å². The summed E-state index contributed by atoms with van der Waals surface area (Å²) in [5.41, 5.74) is 1.45. The zero-order chi connectivity index (χ0) is 17.5. The van der Waals surface area contributed by atoms with E-state index < -0.39 is 0 Å². The molecule has 5 nitrogen and oxygen atoms in total. The highest BCUT2D eigenvalue weighted by Gasteiger charge is 2.07. The van der Waals surface area contributed by atoms with Crippen molar-refractivity contribution in [2.24, 2.45) is 0 Å². The summed E-state index contributed by atoms with van der Waals surface area (Å²) >= 11 is 2.84. The molecule has 0 aliphatic carbocycles. The Hall–Kier alpha value is -2.64. The molecule has 0 fully saturated rings. The highest BCUT2D eigenvalue weighted by molar-refractivity contribution is 8.00. The Kier molecular flexibility index (Phi) is 5.81. The van der Waals surface area contributed by atoms with Gasteiger partial charge in [0.25, 0.3) is 5.91 Å². The largest absolute Gasteiger partial charge is 0.325 e. The van der Waals surface area contributed by atoms with E-state index in [1.165, 1.54) is 23.1 Å². The van der Waals surface area contributed by atoms with Gasteiger partial charge in [-0.2, -0.15) is 0 Å². The predicted molar refractivity (Wildman–Crippen MR) is 102 cm³/mol. The molecule has 0 unspecified atom stereocenters. The number of nitrogens with one attached hydrogen (secondary N) is 2. The molecule has 0 radical (unpaired) electrons. The Labute approximate surface area is 153 Å². The average Bonchev–Trinajstić information content (AvgIpc) is 3.17. The van der Waals surface area contributed by atoms with Crippen LogP contribution in [0.2, 0.25) is 0 Å². The van der Waals surface area contributed by atoms with Crippen LogP contribution >= 0.6 is 23.1 Å². The molecule has 25 heavy (non-hydrogen) atoms. The number of rotatable bonds is 6. The number of anilines is 2. The van der Waals surface area contributed by atoms with E-state index in [1.54, 1.807) is 30.6 Å². The van der Waals surface area contributed by atoms with Crippen molar-refractivity contribution in [2.45, 2.75) is 4.90 Å². The van der Waals surface area contributed by atoms with Gasteiger partial charge in [-0.05, 0) is 47.8 Å². The highest BCUT2D eigenvalue weighted by atomic mass is 32.2. The number of nitrogens with zero attached hydrogens (tertiary/aromatic N) is 1. The Morgan fingerprint density at radius 2 is 1.68 bits per heavy atom. The van der Waals surface area contributed by atoms with Crippen molar-refractivity contribution in [3.8, 4) is 0 Å². The van der Waals surface area contributed by atoms with Crippen molar-refractivity contribution < 1.29 is 9.59 Å². The highest BCUT2D eigenvalue weighted by Crippen LogP contribution is 2.21. The quantitative estimate of drug-likeness (QED) is 0.641. The second-order valence-corrected chi connectivity index (χ2v) is 7.02. The van der Waals surface area contributed by atoms with Gasteiger partial charge in [0.2, 0.25) is 5.91 Å². The molecule has 7 heteroatoms. The van der Waals surface area contributed by atoms with Crippen molar-refractivity contribution in [1.82, 2.24) is 4.98 Å². The number of hydrogen-bond acceptors (Lipinski definition) is 5. The zero-order valence-corrected chi connectivity index (χ0v) is 14.8. The van der Waals surface area contributed by atoms with Crippen LogP contribution in [0.5, 0.6) is 0 Å². The van der Waals surface area contributed by atoms with Crippen LogP contribution < -0.4 is 10.6 Å². The molecule has 3 rings (SSSR count). The maximum absolute atomic E-state index is 12.0. The number of carbonyl (C=O) groups excluding carboxylic acids is 2. The van der Waals surface area contributed by atoms with Gasteiger partial charge in [-0.25, -0.2) is 0 Å². The summed E-state index contributed by atoms with van der Waals surface area (Å²) in [6, 6.07) is 14.5. The van der Waals surface area contributed by atoms with Crippen LogP contribution in [0.1, 0.15) is 9.67 Å². The Balaban J connectivity index is 1.49. The molecule has 2 amide bonds. The molecule has 126 valence electrons. The smallest absolute Gasteiger partial charge is 0.265 e. The minimum Gasteiger partial charge on any atom is -0.325 e. The summed E-state index contributed by atoms with van der Waals surface area (Å²) in [6.45, 7) is 0. The predicted octanol–water partition coefficient (Wildman–Crippen LogP) is 4.13. The molecule has 0 bridgehead atoms. The number of carbonyl (C=O) groups is 2. The van der Waals surface area contributed by atoms with E-state index in [0.29, 0.717) is 10.6 Å². The van der Waals surface area contributed by atoms with Gasteiger partial charge in [-0.3, -0.25) is 14.6 Å². The van der Waals surface area contributed by atoms with Gasteiger partial charge in [0, 0.05) is 28.7 Å². The summed E-state index contributed by atoms with van der Waals surface area (Å²) in [4.78, 5) is 29.4. The van der Waals surface area contributed by atoms with Gasteiger partial charge in [-0.1, -0.05) is 6.07 Å². The molecule has 2 N–H and O–H groups in total. The van der Waals surface area contributed by atoms with Crippen molar-refractivity contribution in [1.29, 1.82) is 0 Å². The molecule has 0 spiro atoms. The lowest BCUT2D eigenvalue weighted by Crippen LogP contribution is -2.13. The molecule has 0 saturated heterocycles. The normalized spacial score (nSPS) is 10.2. The van der Waals surface area contributed by atoms with Crippen LogP contribution in [0.3, 0.4) is 0 Å². The molecule has 2 aromatic heterocycles. The first-order valence-corrected chi connectivity index (χ1v) is 9.35. The fraction of sp³-hybridized carbons (Fsp3) is 0.0556. The van der Waals surface area contributed by atoms with Gasteiger partial charge in [0.1, 0.15) is 0 Å². The molecule has 0 aliphatic heterocycles. The average molecular weight is 369 g/mol. The van der Waals surface area contributed by atoms with Crippen molar-refractivity contribution in [3.63, 3.8) is 0 Å². The van der Waals surface area contributed by atoms with Crippen LogP contribution in [0.25, 0.3) is 0 Å². The first-order chi connectivity index (χ1) is 12.2. The number of thiophene rings is 1. The molecular formula is C18H15N3O2S2. The molecule has 0 atom stereocenters. The third-order valence-corrected chi connectivity index (χ3v) is 5.07. The lowest BCUT2D eigenvalue weighted by atomic mass is 10.3. The van der Waals surface area contributed by atoms with Crippen molar-refractivity contribution >= 4 is 46.3 Å². The molecule has 0 aliphatic rings. The maximum atomic E-state index is 12.0. The number of hydrogen-bond donors (Lipinski definition) is 2. The summed E-state index contributed by atoms with van der Waals surface area (Å²) in [6.07, 6.45) is 3.26. The molecule has 1 aromatic carbocycles. The lowest BCUT2D eigenvalue weighted by Gasteiger charge is -2.06. The van der Waals surface area contributed by atoms with Gasteiger partial charge in [0.05, 0.1) is 10.6 Å². The number of amides is 2. The number of benzene rings is 1. The molecule has 0 saturated carbocycles. The van der Waals surface area contributed by atoms with E-state index in [9.17, 15) is 9.59 Å². The Morgan fingerprint density at radius 1 is 0.960 bits per heavy atom. The summed E-state index contributed by atoms with van der Waals surface area (Å²) < 4.78 is 0. The van der Waals surface area contributed by atoms with Crippen LogP contribution in [0.15, 0.2) is 71.2 Å². The number of pyridine rings is 1. The first-order valence-electron chi connectivity index (χ1n) is 7.48. The van der Waals surface area contributed by atoms with Gasteiger partial charge in [-0.15, -0.1) is 23.1 Å². The van der Waals surface area contributed by atoms with Gasteiger partial charge in [0.15, 0.2) is 0 Å². The minimum atomic E-state index is -0.118. The number of aromatic nitrogens is 1. The van der Waals surface area contributed by atoms with Gasteiger partial charge >= 0.3 is 0 Å². The Bertz CT molecular complexity index is 835. The van der Waals surface area contributed by atoms with Crippen molar-refractivity contribution in [3.05, 3.63) is 71.2 Å². The van der Waals surface area contributed by atoms with E-state index in [2.05, 4.69) is 15.6 Å². The van der Waals surface area contributed by atoms with Crippen LogP contribution in [0.4, 0.5) is 11.4 Å². The number of thioether (sulfide) groups is 1. The zero-order valence-electron chi connectivity index (χ0n) is 13.1. The minimum absolute atomic E-state index is 0.0775. The molecule has 3 aromatic rings. The second kappa shape index (κ2) is 8.46. The fourth-order valence-electron chi connectivity index (χ4n) is 2.02. The Morgan fingerprint density at radius 3 is 2.36 bits per heavy atom. The van der Waals surface area contributed by atoms with E-state index in [4.69, 9.17) is 0 Å². The first kappa shape index (κ1) is 17.2. The SMILES string of the molecule is O=C(CSc1ccc(NC(=O)c2cccs2)cc1)Nc1ccncc1.